The van der Waals surface area contributed by atoms with Crippen molar-refractivity contribution in [1.29, 1.82) is 0 Å². The molecular formula is C21H22ClF3N6O. The van der Waals surface area contributed by atoms with Gasteiger partial charge in [0.1, 0.15) is 11.5 Å². The molecule has 0 atom stereocenters. The maximum Gasteiger partial charge on any atom is 0.433 e. The van der Waals surface area contributed by atoms with E-state index in [0.29, 0.717) is 46.2 Å². The van der Waals surface area contributed by atoms with Crippen molar-refractivity contribution in [1.82, 2.24) is 20.5 Å². The fourth-order valence-electron chi connectivity index (χ4n) is 3.72. The van der Waals surface area contributed by atoms with Crippen molar-refractivity contribution in [2.45, 2.75) is 32.5 Å². The number of aromatic amines is 1. The quantitative estimate of drug-likeness (QED) is 0.494. The van der Waals surface area contributed by atoms with Gasteiger partial charge in [0.15, 0.2) is 0 Å². The second-order valence-electron chi connectivity index (χ2n) is 7.91. The van der Waals surface area contributed by atoms with Crippen LogP contribution in [-0.2, 0) is 12.7 Å². The minimum absolute atomic E-state index is 0.0112. The number of carbonyl (C=O) groups excluding carboxylic acids is 1. The van der Waals surface area contributed by atoms with Gasteiger partial charge in [-0.05, 0) is 37.0 Å². The highest BCUT2D eigenvalue weighted by atomic mass is 35.5. The summed E-state index contributed by atoms with van der Waals surface area (Å²) in [4.78, 5) is 18.3. The Balaban J connectivity index is 1.52. The summed E-state index contributed by atoms with van der Waals surface area (Å²) in [6.45, 7) is 3.37. The number of amides is 2. The van der Waals surface area contributed by atoms with E-state index in [-0.39, 0.29) is 12.4 Å². The predicted octanol–water partition coefficient (Wildman–Crippen LogP) is 5.19. The van der Waals surface area contributed by atoms with Gasteiger partial charge in [-0.2, -0.15) is 18.3 Å². The minimum atomic E-state index is -4.54. The van der Waals surface area contributed by atoms with E-state index in [1.165, 1.54) is 6.07 Å². The number of nitrogens with zero attached hydrogens (tertiary/aromatic N) is 3. The fourth-order valence-corrected chi connectivity index (χ4v) is 3.93. The second-order valence-corrected chi connectivity index (χ2v) is 8.32. The molecule has 3 heterocycles. The van der Waals surface area contributed by atoms with Gasteiger partial charge in [-0.3, -0.25) is 5.10 Å². The molecule has 7 nitrogen and oxygen atoms in total. The first kappa shape index (κ1) is 22.2. The van der Waals surface area contributed by atoms with E-state index >= 15 is 0 Å². The molecule has 1 aliphatic heterocycles. The van der Waals surface area contributed by atoms with Crippen molar-refractivity contribution < 1.29 is 18.0 Å². The molecule has 11 heteroatoms. The van der Waals surface area contributed by atoms with Crippen LogP contribution in [0.1, 0.15) is 31.0 Å². The average molecular weight is 467 g/mol. The number of anilines is 2. The lowest BCUT2D eigenvalue weighted by Crippen LogP contribution is -2.35. The molecule has 0 radical (unpaired) electrons. The lowest BCUT2D eigenvalue weighted by atomic mass is 9.99. The normalized spacial score (nSPS) is 15.2. The predicted molar refractivity (Wildman–Crippen MR) is 117 cm³/mol. The van der Waals surface area contributed by atoms with E-state index in [9.17, 15) is 18.0 Å². The number of fused-ring (bicyclic) bond motifs is 1. The SMILES string of the molecule is CC1CCN(c2nc(C(F)(F)F)ccc2CNC(=O)Nc2c(Cl)ccc3[nH]ncc23)CC1. The Kier molecular flexibility index (Phi) is 6.14. The standard InChI is InChI=1S/C21H22ClF3N6O/c1-12-6-8-31(9-7-12)19-13(2-5-17(28-19)21(23,24)25)10-26-20(32)29-18-14-11-27-30-16(14)4-3-15(18)22/h2-5,11-12H,6-10H2,1H3,(H,27,30)(H2,26,29,32). The van der Waals surface area contributed by atoms with Crippen molar-refractivity contribution in [3.63, 3.8) is 0 Å². The van der Waals surface area contributed by atoms with Gasteiger partial charge in [0, 0.05) is 30.6 Å². The first-order valence-corrected chi connectivity index (χ1v) is 10.6. The molecular weight excluding hydrogens is 445 g/mol. The van der Waals surface area contributed by atoms with Crippen LogP contribution in [0.4, 0.5) is 29.5 Å². The van der Waals surface area contributed by atoms with Crippen LogP contribution in [0.25, 0.3) is 10.9 Å². The third kappa shape index (κ3) is 4.74. The number of nitrogens with one attached hydrogen (secondary N) is 3. The topological polar surface area (TPSA) is 85.9 Å². The lowest BCUT2D eigenvalue weighted by Gasteiger charge is -2.33. The number of halogens is 4. The number of H-pyrrole nitrogens is 1. The Labute approximate surface area is 187 Å². The third-order valence-corrected chi connectivity index (χ3v) is 5.90. The first-order valence-electron chi connectivity index (χ1n) is 10.2. The minimum Gasteiger partial charge on any atom is -0.356 e. The second kappa shape index (κ2) is 8.85. The van der Waals surface area contributed by atoms with E-state index in [1.54, 1.807) is 18.3 Å². The van der Waals surface area contributed by atoms with Gasteiger partial charge in [0.25, 0.3) is 0 Å². The Morgan fingerprint density at radius 1 is 1.25 bits per heavy atom. The molecule has 32 heavy (non-hydrogen) atoms. The summed E-state index contributed by atoms with van der Waals surface area (Å²) in [6.07, 6.45) is -1.25. The van der Waals surface area contributed by atoms with Gasteiger partial charge in [-0.1, -0.05) is 24.6 Å². The summed E-state index contributed by atoms with van der Waals surface area (Å²) >= 11 is 6.21. The molecule has 2 aromatic heterocycles. The van der Waals surface area contributed by atoms with Crippen molar-refractivity contribution in [2.75, 3.05) is 23.3 Å². The van der Waals surface area contributed by atoms with Crippen LogP contribution in [-0.4, -0.2) is 34.3 Å². The Bertz CT molecular complexity index is 1120. The molecule has 0 unspecified atom stereocenters. The molecule has 170 valence electrons. The first-order chi connectivity index (χ1) is 15.2. The number of pyridine rings is 1. The zero-order valence-corrected chi connectivity index (χ0v) is 18.0. The molecule has 1 aromatic carbocycles. The summed E-state index contributed by atoms with van der Waals surface area (Å²) < 4.78 is 39.7. The largest absolute Gasteiger partial charge is 0.433 e. The van der Waals surface area contributed by atoms with Crippen molar-refractivity contribution in [2.24, 2.45) is 5.92 Å². The Morgan fingerprint density at radius 2 is 2.00 bits per heavy atom. The van der Waals surface area contributed by atoms with E-state index in [1.807, 2.05) is 4.90 Å². The maximum atomic E-state index is 13.2. The van der Waals surface area contributed by atoms with Crippen LogP contribution in [0.3, 0.4) is 0 Å². The van der Waals surface area contributed by atoms with Gasteiger partial charge < -0.3 is 15.5 Å². The molecule has 1 fully saturated rings. The number of benzene rings is 1. The highest BCUT2D eigenvalue weighted by Gasteiger charge is 2.34. The molecule has 0 spiro atoms. The van der Waals surface area contributed by atoms with Crippen molar-refractivity contribution >= 4 is 40.0 Å². The van der Waals surface area contributed by atoms with Crippen LogP contribution < -0.4 is 15.5 Å². The maximum absolute atomic E-state index is 13.2. The monoisotopic (exact) mass is 466 g/mol. The highest BCUT2D eigenvalue weighted by Crippen LogP contribution is 2.32. The number of piperidine rings is 1. The average Bonchev–Trinajstić information content (AvgIpc) is 3.23. The summed E-state index contributed by atoms with van der Waals surface area (Å²) in [5, 5.41) is 13.1. The van der Waals surface area contributed by atoms with Crippen LogP contribution in [0.5, 0.6) is 0 Å². The summed E-state index contributed by atoms with van der Waals surface area (Å²) in [5.41, 5.74) is 0.664. The van der Waals surface area contributed by atoms with E-state index in [0.717, 1.165) is 18.9 Å². The number of carbonyl (C=O) groups is 1. The summed E-state index contributed by atoms with van der Waals surface area (Å²) in [7, 11) is 0. The van der Waals surface area contributed by atoms with Crippen molar-refractivity contribution in [3.05, 3.63) is 46.7 Å². The fraction of sp³-hybridized carbons (Fsp3) is 0.381. The molecule has 3 aromatic rings. The summed E-state index contributed by atoms with van der Waals surface area (Å²) in [6, 6.07) is 5.14. The number of aromatic nitrogens is 3. The van der Waals surface area contributed by atoms with Crippen LogP contribution in [0.15, 0.2) is 30.5 Å². The van der Waals surface area contributed by atoms with Gasteiger partial charge in [-0.15, -0.1) is 0 Å². The highest BCUT2D eigenvalue weighted by molar-refractivity contribution is 6.35. The molecule has 2 amide bonds. The van der Waals surface area contributed by atoms with Gasteiger partial charge in [-0.25, -0.2) is 9.78 Å². The number of urea groups is 1. The number of hydrogen-bond acceptors (Lipinski definition) is 4. The van der Waals surface area contributed by atoms with Crippen molar-refractivity contribution in [3.8, 4) is 0 Å². The molecule has 0 saturated carbocycles. The molecule has 0 aliphatic carbocycles. The number of alkyl halides is 3. The lowest BCUT2D eigenvalue weighted by molar-refractivity contribution is -0.141. The van der Waals surface area contributed by atoms with Gasteiger partial charge >= 0.3 is 12.2 Å². The van der Waals surface area contributed by atoms with E-state index < -0.39 is 17.9 Å². The molecule has 3 N–H and O–H groups in total. The van der Waals surface area contributed by atoms with E-state index in [2.05, 4.69) is 32.7 Å². The summed E-state index contributed by atoms with van der Waals surface area (Å²) in [5.74, 6) is 0.766. The zero-order valence-electron chi connectivity index (χ0n) is 17.3. The molecule has 1 saturated heterocycles. The van der Waals surface area contributed by atoms with Gasteiger partial charge in [0.2, 0.25) is 0 Å². The third-order valence-electron chi connectivity index (χ3n) is 5.58. The Morgan fingerprint density at radius 3 is 2.72 bits per heavy atom. The number of hydrogen-bond donors (Lipinski definition) is 3. The molecule has 4 rings (SSSR count). The smallest absolute Gasteiger partial charge is 0.356 e. The van der Waals surface area contributed by atoms with Crippen LogP contribution in [0.2, 0.25) is 5.02 Å². The van der Waals surface area contributed by atoms with Crippen LogP contribution >= 0.6 is 11.6 Å². The molecule has 1 aliphatic rings. The number of rotatable bonds is 4. The Hall–Kier alpha value is -3.01. The van der Waals surface area contributed by atoms with Gasteiger partial charge in [0.05, 0.1) is 22.4 Å². The van der Waals surface area contributed by atoms with E-state index in [4.69, 9.17) is 11.6 Å². The van der Waals surface area contributed by atoms with Crippen LogP contribution in [0, 0.1) is 5.92 Å². The zero-order chi connectivity index (χ0) is 22.9. The molecule has 0 bridgehead atoms.